The maximum Gasteiger partial charge on any atom is 0.255 e. The lowest BCUT2D eigenvalue weighted by atomic mass is 9.92. The third-order valence-electron chi connectivity index (χ3n) is 4.63. The van der Waals surface area contributed by atoms with Crippen molar-refractivity contribution in [3.63, 3.8) is 0 Å². The predicted octanol–water partition coefficient (Wildman–Crippen LogP) is 1.88. The summed E-state index contributed by atoms with van der Waals surface area (Å²) in [6.07, 6.45) is 0.463. The van der Waals surface area contributed by atoms with Crippen molar-refractivity contribution in [2.45, 2.75) is 12.5 Å². The van der Waals surface area contributed by atoms with Crippen molar-refractivity contribution in [3.05, 3.63) is 35.2 Å². The van der Waals surface area contributed by atoms with Crippen molar-refractivity contribution < 1.29 is 14.3 Å². The van der Waals surface area contributed by atoms with Crippen LogP contribution in [0.1, 0.15) is 16.8 Å². The van der Waals surface area contributed by atoms with E-state index in [1.54, 1.807) is 11.3 Å². The number of carbonyl (C=O) groups excluding carboxylic acids is 2. The maximum absolute atomic E-state index is 12.9. The van der Waals surface area contributed by atoms with Gasteiger partial charge in [-0.15, -0.1) is 11.3 Å². The molecule has 1 N–H and O–H groups in total. The molecule has 0 spiro atoms. The molecule has 2 amide bonds. The highest BCUT2D eigenvalue weighted by Crippen LogP contribution is 2.29. The molecule has 2 atom stereocenters. The summed E-state index contributed by atoms with van der Waals surface area (Å²) in [5.74, 6) is -0.0458. The first-order valence-corrected chi connectivity index (χ1v) is 8.77. The minimum atomic E-state index is -0.194. The van der Waals surface area contributed by atoms with Crippen molar-refractivity contribution in [3.8, 4) is 0 Å². The normalized spacial score (nSPS) is 24.9. The molecule has 5 nitrogen and oxygen atoms in total. The van der Waals surface area contributed by atoms with Gasteiger partial charge in [0.15, 0.2) is 0 Å². The highest BCUT2D eigenvalue weighted by molar-refractivity contribution is 7.17. The van der Waals surface area contributed by atoms with Crippen LogP contribution in [0.25, 0.3) is 10.1 Å². The van der Waals surface area contributed by atoms with E-state index in [9.17, 15) is 9.59 Å². The molecule has 4 rings (SSSR count). The lowest BCUT2D eigenvalue weighted by Gasteiger charge is -2.36. The number of likely N-dealkylation sites (tertiary alicyclic amines) is 1. The van der Waals surface area contributed by atoms with Gasteiger partial charge in [0.05, 0.1) is 24.2 Å². The molecule has 2 saturated heterocycles. The SMILES string of the molecule is O=C1NCCO[C@H]2CN(C(=O)c3csc4ccccc34)CC[C@@H]12. The number of benzene rings is 1. The molecule has 0 unspecified atom stereocenters. The number of hydrogen-bond acceptors (Lipinski definition) is 4. The van der Waals surface area contributed by atoms with Gasteiger partial charge >= 0.3 is 0 Å². The van der Waals surface area contributed by atoms with Gasteiger partial charge < -0.3 is 15.0 Å². The number of carbonyl (C=O) groups is 2. The Morgan fingerprint density at radius 2 is 2.22 bits per heavy atom. The van der Waals surface area contributed by atoms with Gasteiger partial charge in [0.2, 0.25) is 5.91 Å². The molecule has 0 radical (unpaired) electrons. The van der Waals surface area contributed by atoms with Crippen LogP contribution in [-0.4, -0.2) is 49.1 Å². The first kappa shape index (κ1) is 14.7. The molecule has 2 fully saturated rings. The van der Waals surface area contributed by atoms with Gasteiger partial charge in [-0.3, -0.25) is 9.59 Å². The van der Waals surface area contributed by atoms with Crippen LogP contribution in [0.5, 0.6) is 0 Å². The fourth-order valence-corrected chi connectivity index (χ4v) is 4.33. The van der Waals surface area contributed by atoms with E-state index in [0.29, 0.717) is 32.7 Å². The summed E-state index contributed by atoms with van der Waals surface area (Å²) in [6, 6.07) is 7.95. The Balaban J connectivity index is 1.57. The Hall–Kier alpha value is -1.92. The monoisotopic (exact) mass is 330 g/mol. The van der Waals surface area contributed by atoms with Gasteiger partial charge in [0.1, 0.15) is 0 Å². The molecule has 1 aromatic carbocycles. The molecular weight excluding hydrogens is 312 g/mol. The third kappa shape index (κ3) is 2.62. The van der Waals surface area contributed by atoms with Crippen molar-refractivity contribution >= 4 is 33.2 Å². The number of nitrogens with zero attached hydrogens (tertiary/aromatic N) is 1. The second-order valence-corrected chi connectivity index (χ2v) is 6.90. The van der Waals surface area contributed by atoms with Crippen LogP contribution in [0.3, 0.4) is 0 Å². The largest absolute Gasteiger partial charge is 0.374 e. The highest BCUT2D eigenvalue weighted by atomic mass is 32.1. The lowest BCUT2D eigenvalue weighted by Crippen LogP contribution is -2.50. The average molecular weight is 330 g/mol. The first-order valence-electron chi connectivity index (χ1n) is 7.89. The molecule has 0 aliphatic carbocycles. The van der Waals surface area contributed by atoms with E-state index >= 15 is 0 Å². The Morgan fingerprint density at radius 3 is 3.13 bits per heavy atom. The number of piperidine rings is 1. The summed E-state index contributed by atoms with van der Waals surface area (Å²) in [5, 5.41) is 5.81. The standard InChI is InChI=1S/C17H18N2O3S/c20-16-12-5-7-19(9-14(12)22-8-6-18-16)17(21)13-10-23-15-4-2-1-3-11(13)15/h1-4,10,12,14H,5-9H2,(H,18,20)/t12-,14+/m1/s1. The number of fused-ring (bicyclic) bond motifs is 2. The summed E-state index contributed by atoms with van der Waals surface area (Å²) in [7, 11) is 0. The highest BCUT2D eigenvalue weighted by Gasteiger charge is 2.38. The quantitative estimate of drug-likeness (QED) is 0.868. The number of rotatable bonds is 1. The molecule has 0 saturated carbocycles. The van der Waals surface area contributed by atoms with Crippen LogP contribution in [-0.2, 0) is 9.53 Å². The van der Waals surface area contributed by atoms with Crippen molar-refractivity contribution in [2.24, 2.45) is 5.92 Å². The Morgan fingerprint density at radius 1 is 1.35 bits per heavy atom. The molecule has 3 heterocycles. The zero-order chi connectivity index (χ0) is 15.8. The summed E-state index contributed by atoms with van der Waals surface area (Å²) in [6.45, 7) is 2.15. The van der Waals surface area contributed by atoms with Crippen molar-refractivity contribution in [1.82, 2.24) is 10.2 Å². The van der Waals surface area contributed by atoms with E-state index < -0.39 is 0 Å². The number of nitrogens with one attached hydrogen (secondary N) is 1. The van der Waals surface area contributed by atoms with Crippen LogP contribution in [0.2, 0.25) is 0 Å². The van der Waals surface area contributed by atoms with Gasteiger partial charge in [0.25, 0.3) is 5.91 Å². The van der Waals surface area contributed by atoms with Gasteiger partial charge in [-0.05, 0) is 12.5 Å². The fourth-order valence-electron chi connectivity index (χ4n) is 3.40. The Bertz CT molecular complexity index is 757. The molecule has 0 bridgehead atoms. The molecule has 6 heteroatoms. The summed E-state index contributed by atoms with van der Waals surface area (Å²) in [4.78, 5) is 26.8. The summed E-state index contributed by atoms with van der Waals surface area (Å²) >= 11 is 1.59. The molecule has 2 aliphatic rings. The predicted molar refractivity (Wildman–Crippen MR) is 88.6 cm³/mol. The van der Waals surface area contributed by atoms with E-state index in [0.717, 1.165) is 15.6 Å². The third-order valence-corrected chi connectivity index (χ3v) is 5.59. The lowest BCUT2D eigenvalue weighted by molar-refractivity contribution is -0.129. The van der Waals surface area contributed by atoms with E-state index in [4.69, 9.17) is 4.74 Å². The number of ether oxygens (including phenoxy) is 1. The van der Waals surface area contributed by atoms with Crippen molar-refractivity contribution in [2.75, 3.05) is 26.2 Å². The summed E-state index contributed by atoms with van der Waals surface area (Å²) in [5.41, 5.74) is 0.752. The molecular formula is C17H18N2O3S. The van der Waals surface area contributed by atoms with E-state index in [1.165, 1.54) is 0 Å². The topological polar surface area (TPSA) is 58.6 Å². The van der Waals surface area contributed by atoms with Gasteiger partial charge in [-0.25, -0.2) is 0 Å². The molecule has 23 heavy (non-hydrogen) atoms. The molecule has 2 aliphatic heterocycles. The fraction of sp³-hybridized carbons (Fsp3) is 0.412. The van der Waals surface area contributed by atoms with Crippen LogP contribution in [0.15, 0.2) is 29.6 Å². The maximum atomic E-state index is 12.9. The number of hydrogen-bond donors (Lipinski definition) is 1. The van der Waals surface area contributed by atoms with E-state index in [-0.39, 0.29) is 23.8 Å². The number of amides is 2. The van der Waals surface area contributed by atoms with Gasteiger partial charge in [-0.2, -0.15) is 0 Å². The van der Waals surface area contributed by atoms with Crippen LogP contribution in [0, 0.1) is 5.92 Å². The second-order valence-electron chi connectivity index (χ2n) is 5.99. The zero-order valence-corrected chi connectivity index (χ0v) is 13.5. The second kappa shape index (κ2) is 5.94. The minimum Gasteiger partial charge on any atom is -0.374 e. The van der Waals surface area contributed by atoms with E-state index in [1.807, 2.05) is 34.5 Å². The van der Waals surface area contributed by atoms with Crippen LogP contribution < -0.4 is 5.32 Å². The first-order chi connectivity index (χ1) is 11.2. The zero-order valence-electron chi connectivity index (χ0n) is 12.7. The Kier molecular flexibility index (Phi) is 3.79. The van der Waals surface area contributed by atoms with Crippen LogP contribution >= 0.6 is 11.3 Å². The Labute approximate surface area is 138 Å². The summed E-state index contributed by atoms with van der Waals surface area (Å²) < 4.78 is 6.91. The molecule has 2 aromatic rings. The molecule has 1 aromatic heterocycles. The van der Waals surface area contributed by atoms with Gasteiger partial charge in [0, 0.05) is 35.1 Å². The van der Waals surface area contributed by atoms with E-state index in [2.05, 4.69) is 5.32 Å². The van der Waals surface area contributed by atoms with Gasteiger partial charge in [-0.1, -0.05) is 18.2 Å². The molecule has 120 valence electrons. The van der Waals surface area contributed by atoms with Crippen LogP contribution in [0.4, 0.5) is 0 Å². The van der Waals surface area contributed by atoms with Crippen molar-refractivity contribution in [1.29, 1.82) is 0 Å². The smallest absolute Gasteiger partial charge is 0.255 e. The minimum absolute atomic E-state index is 0.0363. The average Bonchev–Trinajstić information content (AvgIpc) is 2.92. The number of thiophene rings is 1.